The molecule has 15 heavy (non-hydrogen) atoms. The second-order valence-corrected chi connectivity index (χ2v) is 5.17. The van der Waals surface area contributed by atoms with Crippen LogP contribution in [0.1, 0.15) is 52.9 Å². The lowest BCUT2D eigenvalue weighted by Gasteiger charge is -2.30. The van der Waals surface area contributed by atoms with Gasteiger partial charge in [-0.1, -0.05) is 32.6 Å². The minimum atomic E-state index is 0.725. The second kappa shape index (κ2) is 6.90. The lowest BCUT2D eigenvalue weighted by molar-refractivity contribution is 0.257. The summed E-state index contributed by atoms with van der Waals surface area (Å²) in [6.07, 6.45) is 6.95. The molecular weight excluding hydrogens is 182 g/mol. The minimum absolute atomic E-state index is 0.725. The highest BCUT2D eigenvalue weighted by atomic mass is 14.9. The van der Waals surface area contributed by atoms with Crippen LogP contribution in [0.2, 0.25) is 0 Å². The summed E-state index contributed by atoms with van der Waals surface area (Å²) in [6, 6.07) is 0.725. The SMILES string of the molecule is CC#CCNC1CCCC(CC(C)C)C1. The molecule has 0 bridgehead atoms. The Labute approximate surface area is 95.0 Å². The van der Waals surface area contributed by atoms with Crippen LogP contribution in [-0.2, 0) is 0 Å². The third-order valence-electron chi connectivity index (χ3n) is 3.24. The van der Waals surface area contributed by atoms with Crippen molar-refractivity contribution in [1.29, 1.82) is 0 Å². The molecule has 0 aromatic heterocycles. The van der Waals surface area contributed by atoms with Crippen molar-refractivity contribution in [3.8, 4) is 11.8 Å². The molecule has 0 spiro atoms. The van der Waals surface area contributed by atoms with Crippen LogP contribution in [-0.4, -0.2) is 12.6 Å². The Bertz CT molecular complexity index is 221. The maximum absolute atomic E-state index is 3.55. The van der Waals surface area contributed by atoms with E-state index in [4.69, 9.17) is 0 Å². The van der Waals surface area contributed by atoms with Gasteiger partial charge >= 0.3 is 0 Å². The van der Waals surface area contributed by atoms with Gasteiger partial charge in [-0.15, -0.1) is 5.92 Å². The van der Waals surface area contributed by atoms with E-state index in [1.54, 1.807) is 0 Å². The zero-order valence-corrected chi connectivity index (χ0v) is 10.5. The van der Waals surface area contributed by atoms with E-state index in [0.29, 0.717) is 0 Å². The van der Waals surface area contributed by atoms with Crippen LogP contribution in [0, 0.1) is 23.7 Å². The lowest BCUT2D eigenvalue weighted by atomic mass is 9.81. The van der Waals surface area contributed by atoms with Gasteiger partial charge in [-0.05, 0) is 38.0 Å². The molecule has 1 fully saturated rings. The van der Waals surface area contributed by atoms with Gasteiger partial charge in [0.2, 0.25) is 0 Å². The molecule has 2 atom stereocenters. The van der Waals surface area contributed by atoms with Crippen molar-refractivity contribution >= 4 is 0 Å². The first-order chi connectivity index (χ1) is 7.22. The zero-order valence-electron chi connectivity index (χ0n) is 10.5. The Morgan fingerprint density at radius 1 is 1.33 bits per heavy atom. The summed E-state index contributed by atoms with van der Waals surface area (Å²) < 4.78 is 0. The molecule has 0 saturated heterocycles. The lowest BCUT2D eigenvalue weighted by Crippen LogP contribution is -2.34. The van der Waals surface area contributed by atoms with Gasteiger partial charge in [0, 0.05) is 6.04 Å². The van der Waals surface area contributed by atoms with Crippen molar-refractivity contribution < 1.29 is 0 Å². The van der Waals surface area contributed by atoms with E-state index in [2.05, 4.69) is 31.0 Å². The summed E-state index contributed by atoms with van der Waals surface area (Å²) in [4.78, 5) is 0. The molecule has 0 aromatic carbocycles. The van der Waals surface area contributed by atoms with E-state index in [-0.39, 0.29) is 0 Å². The first-order valence-corrected chi connectivity index (χ1v) is 6.35. The summed E-state index contributed by atoms with van der Waals surface area (Å²) in [6.45, 7) is 7.44. The highest BCUT2D eigenvalue weighted by Gasteiger charge is 2.21. The van der Waals surface area contributed by atoms with Gasteiger partial charge in [0.05, 0.1) is 6.54 Å². The van der Waals surface area contributed by atoms with Crippen molar-refractivity contribution in [2.24, 2.45) is 11.8 Å². The summed E-state index contributed by atoms with van der Waals surface area (Å²) in [5.74, 6) is 7.83. The average Bonchev–Trinajstić information content (AvgIpc) is 2.18. The van der Waals surface area contributed by atoms with Crippen LogP contribution < -0.4 is 5.32 Å². The predicted octanol–water partition coefficient (Wildman–Crippen LogP) is 3.20. The van der Waals surface area contributed by atoms with E-state index in [1.165, 1.54) is 32.1 Å². The molecule has 1 heteroatoms. The molecule has 1 rings (SSSR count). The fourth-order valence-corrected chi connectivity index (χ4v) is 2.64. The minimum Gasteiger partial charge on any atom is -0.303 e. The molecule has 1 aliphatic rings. The van der Waals surface area contributed by atoms with Gasteiger partial charge in [0.15, 0.2) is 0 Å². The van der Waals surface area contributed by atoms with Crippen molar-refractivity contribution in [2.45, 2.75) is 58.9 Å². The van der Waals surface area contributed by atoms with Crippen molar-refractivity contribution in [3.05, 3.63) is 0 Å². The molecule has 1 nitrogen and oxygen atoms in total. The normalized spacial score (nSPS) is 26.1. The van der Waals surface area contributed by atoms with E-state index in [1.807, 2.05) is 6.92 Å². The number of nitrogens with one attached hydrogen (secondary N) is 1. The third-order valence-corrected chi connectivity index (χ3v) is 3.24. The maximum Gasteiger partial charge on any atom is 0.0578 e. The van der Waals surface area contributed by atoms with Crippen LogP contribution in [0.5, 0.6) is 0 Å². The van der Waals surface area contributed by atoms with E-state index in [9.17, 15) is 0 Å². The Hall–Kier alpha value is -0.480. The van der Waals surface area contributed by atoms with Gasteiger partial charge in [0.1, 0.15) is 0 Å². The fourth-order valence-electron chi connectivity index (χ4n) is 2.64. The Balaban J connectivity index is 2.24. The molecule has 1 aliphatic carbocycles. The highest BCUT2D eigenvalue weighted by molar-refractivity contribution is 4.98. The van der Waals surface area contributed by atoms with E-state index >= 15 is 0 Å². The summed E-state index contributed by atoms with van der Waals surface area (Å²) in [7, 11) is 0. The number of hydrogen-bond donors (Lipinski definition) is 1. The molecule has 0 aromatic rings. The Kier molecular flexibility index (Phi) is 5.79. The van der Waals surface area contributed by atoms with Gasteiger partial charge in [-0.25, -0.2) is 0 Å². The average molecular weight is 207 g/mol. The molecule has 0 amide bonds. The van der Waals surface area contributed by atoms with Crippen LogP contribution >= 0.6 is 0 Å². The molecule has 0 radical (unpaired) electrons. The molecular formula is C14H25N. The molecule has 0 heterocycles. The topological polar surface area (TPSA) is 12.0 Å². The third kappa shape index (κ3) is 5.23. The number of rotatable bonds is 4. The largest absolute Gasteiger partial charge is 0.303 e. The second-order valence-electron chi connectivity index (χ2n) is 5.17. The predicted molar refractivity (Wildman–Crippen MR) is 66.7 cm³/mol. The number of hydrogen-bond acceptors (Lipinski definition) is 1. The fraction of sp³-hybridized carbons (Fsp3) is 0.857. The highest BCUT2D eigenvalue weighted by Crippen LogP contribution is 2.29. The Morgan fingerprint density at radius 3 is 2.80 bits per heavy atom. The van der Waals surface area contributed by atoms with Gasteiger partial charge in [-0.3, -0.25) is 0 Å². The van der Waals surface area contributed by atoms with E-state index < -0.39 is 0 Å². The first kappa shape index (κ1) is 12.6. The monoisotopic (exact) mass is 207 g/mol. The summed E-state index contributed by atoms with van der Waals surface area (Å²) in [5.41, 5.74) is 0. The van der Waals surface area contributed by atoms with Gasteiger partial charge in [0.25, 0.3) is 0 Å². The summed E-state index contributed by atoms with van der Waals surface area (Å²) in [5, 5.41) is 3.55. The Morgan fingerprint density at radius 2 is 2.13 bits per heavy atom. The molecule has 0 aliphatic heterocycles. The van der Waals surface area contributed by atoms with Crippen LogP contribution in [0.4, 0.5) is 0 Å². The first-order valence-electron chi connectivity index (χ1n) is 6.35. The maximum atomic E-state index is 3.55. The van der Waals surface area contributed by atoms with Gasteiger partial charge < -0.3 is 5.32 Å². The molecule has 1 saturated carbocycles. The van der Waals surface area contributed by atoms with Gasteiger partial charge in [-0.2, -0.15) is 0 Å². The van der Waals surface area contributed by atoms with Crippen molar-refractivity contribution in [1.82, 2.24) is 5.32 Å². The van der Waals surface area contributed by atoms with Crippen LogP contribution in [0.15, 0.2) is 0 Å². The quantitative estimate of drug-likeness (QED) is 0.698. The molecule has 2 unspecified atom stereocenters. The van der Waals surface area contributed by atoms with E-state index in [0.717, 1.165) is 24.4 Å². The van der Waals surface area contributed by atoms with Crippen molar-refractivity contribution in [2.75, 3.05) is 6.54 Å². The standard InChI is InChI=1S/C14H25N/c1-4-5-9-15-14-8-6-7-13(11-14)10-12(2)3/h12-15H,6-11H2,1-3H3. The summed E-state index contributed by atoms with van der Waals surface area (Å²) >= 11 is 0. The van der Waals surface area contributed by atoms with Crippen LogP contribution in [0.25, 0.3) is 0 Å². The van der Waals surface area contributed by atoms with Crippen molar-refractivity contribution in [3.63, 3.8) is 0 Å². The smallest absolute Gasteiger partial charge is 0.0578 e. The zero-order chi connectivity index (χ0) is 11.1. The van der Waals surface area contributed by atoms with Crippen LogP contribution in [0.3, 0.4) is 0 Å². The molecule has 86 valence electrons. The molecule has 1 N–H and O–H groups in total.